The molecule has 2 N–H and O–H groups in total. The molecule has 4 rings (SSSR count). The fraction of sp³-hybridized carbons (Fsp3) is 0.350. The molecule has 1 saturated carbocycles. The number of imidazole rings is 1. The maximum atomic E-state index is 12.7. The van der Waals surface area contributed by atoms with E-state index in [-0.39, 0.29) is 16.7 Å². The van der Waals surface area contributed by atoms with Gasteiger partial charge in [-0.25, -0.2) is 4.98 Å². The number of carbonyl (C=O) groups is 2. The monoisotopic (exact) mass is 452 g/mol. The number of hydrogen-bond donors (Lipinski definition) is 2. The summed E-state index contributed by atoms with van der Waals surface area (Å²) < 4.78 is 40.0. The molecule has 0 bridgehead atoms. The normalized spacial score (nSPS) is 14.1. The Hall–Kier alpha value is -2.92. The van der Waals surface area contributed by atoms with Crippen LogP contribution in [0.5, 0.6) is 0 Å². The van der Waals surface area contributed by atoms with E-state index in [2.05, 4.69) is 10.3 Å². The van der Waals surface area contributed by atoms with Crippen LogP contribution in [-0.4, -0.2) is 57.1 Å². The van der Waals surface area contributed by atoms with Gasteiger partial charge in [0.1, 0.15) is 12.2 Å². The summed E-state index contributed by atoms with van der Waals surface area (Å²) in [7, 11) is 0. The van der Waals surface area contributed by atoms with Gasteiger partial charge in [-0.3, -0.25) is 9.59 Å². The van der Waals surface area contributed by atoms with Gasteiger partial charge in [0.2, 0.25) is 5.91 Å². The number of pyridine rings is 1. The van der Waals surface area contributed by atoms with Gasteiger partial charge in [-0.2, -0.15) is 13.2 Å². The standard InChI is InChI=1S/C20H19F3N4O3S/c21-20(22,23)11-26(5-6-28)19(30)15-7-14(10-31-15)13-3-4-17-24-16(9-27(17)8-13)25-18(29)12-1-2-12/h3-4,7-10,12,28H,1-2,5-6,11H2,(H,25,29). The fourth-order valence-electron chi connectivity index (χ4n) is 3.14. The summed E-state index contributed by atoms with van der Waals surface area (Å²) in [6.07, 6.45) is 0.684. The van der Waals surface area contributed by atoms with Crippen LogP contribution in [0.1, 0.15) is 22.5 Å². The van der Waals surface area contributed by atoms with Crippen molar-refractivity contribution in [3.63, 3.8) is 0 Å². The number of carbonyl (C=O) groups excluding carboxylic acids is 2. The molecule has 0 atom stereocenters. The van der Waals surface area contributed by atoms with Crippen LogP contribution in [0.25, 0.3) is 16.8 Å². The molecule has 1 fully saturated rings. The highest BCUT2D eigenvalue weighted by molar-refractivity contribution is 7.12. The summed E-state index contributed by atoms with van der Waals surface area (Å²) >= 11 is 1.04. The third kappa shape index (κ3) is 5.05. The molecule has 2 amide bonds. The van der Waals surface area contributed by atoms with Gasteiger partial charge >= 0.3 is 6.18 Å². The average molecular weight is 452 g/mol. The van der Waals surface area contributed by atoms with Gasteiger partial charge in [0, 0.05) is 18.7 Å². The number of amides is 2. The second-order valence-corrected chi connectivity index (χ2v) is 8.25. The van der Waals surface area contributed by atoms with Gasteiger partial charge in [0.15, 0.2) is 5.82 Å². The lowest BCUT2D eigenvalue weighted by molar-refractivity contribution is -0.141. The molecule has 0 aromatic carbocycles. The summed E-state index contributed by atoms with van der Waals surface area (Å²) in [6, 6.07) is 5.07. The van der Waals surface area contributed by atoms with Crippen molar-refractivity contribution in [1.29, 1.82) is 0 Å². The summed E-state index contributed by atoms with van der Waals surface area (Å²) in [5, 5.41) is 13.5. The molecule has 164 valence electrons. The molecule has 3 heterocycles. The zero-order chi connectivity index (χ0) is 22.2. The average Bonchev–Trinajstić information content (AvgIpc) is 3.30. The largest absolute Gasteiger partial charge is 0.406 e. The number of anilines is 1. The van der Waals surface area contributed by atoms with Crippen LogP contribution in [-0.2, 0) is 4.79 Å². The first-order valence-corrected chi connectivity index (χ1v) is 10.5. The molecule has 0 radical (unpaired) electrons. The smallest absolute Gasteiger partial charge is 0.395 e. The number of halogens is 3. The van der Waals surface area contributed by atoms with Crippen LogP contribution in [0.4, 0.5) is 19.0 Å². The topological polar surface area (TPSA) is 86.9 Å². The summed E-state index contributed by atoms with van der Waals surface area (Å²) in [6.45, 7) is -2.38. The number of aromatic nitrogens is 2. The Morgan fingerprint density at radius 1 is 1.26 bits per heavy atom. The number of thiophene rings is 1. The van der Waals surface area contributed by atoms with Crippen LogP contribution in [0.15, 0.2) is 36.0 Å². The SMILES string of the molecule is O=C(Nc1cn2cc(-c3csc(C(=O)N(CCO)CC(F)(F)F)c3)ccc2n1)C1CC1. The second kappa shape index (κ2) is 8.31. The van der Waals surface area contributed by atoms with E-state index in [9.17, 15) is 22.8 Å². The lowest BCUT2D eigenvalue weighted by Gasteiger charge is -2.22. The first-order chi connectivity index (χ1) is 14.7. The highest BCUT2D eigenvalue weighted by Gasteiger charge is 2.33. The van der Waals surface area contributed by atoms with Gasteiger partial charge in [-0.1, -0.05) is 0 Å². The lowest BCUT2D eigenvalue weighted by atomic mass is 10.1. The molecule has 3 aromatic rings. The fourth-order valence-corrected chi connectivity index (χ4v) is 4.02. The minimum Gasteiger partial charge on any atom is -0.395 e. The third-order valence-electron chi connectivity index (χ3n) is 4.82. The first kappa shape index (κ1) is 21.3. The Kier molecular flexibility index (Phi) is 5.71. The Bertz CT molecular complexity index is 1120. The predicted molar refractivity (Wildman–Crippen MR) is 109 cm³/mol. The van der Waals surface area contributed by atoms with Crippen LogP contribution in [0.3, 0.4) is 0 Å². The number of alkyl halides is 3. The predicted octanol–water partition coefficient (Wildman–Crippen LogP) is 3.41. The van der Waals surface area contributed by atoms with Crippen molar-refractivity contribution in [2.24, 2.45) is 5.92 Å². The molecule has 31 heavy (non-hydrogen) atoms. The van der Waals surface area contributed by atoms with Gasteiger partial charge in [-0.05, 0) is 47.5 Å². The van der Waals surface area contributed by atoms with Gasteiger partial charge in [0.25, 0.3) is 5.91 Å². The number of rotatable bonds is 7. The van der Waals surface area contributed by atoms with E-state index in [1.165, 1.54) is 6.07 Å². The highest BCUT2D eigenvalue weighted by Crippen LogP contribution is 2.31. The molecule has 0 unspecified atom stereocenters. The van der Waals surface area contributed by atoms with Crippen molar-refractivity contribution in [1.82, 2.24) is 14.3 Å². The number of nitrogens with zero attached hydrogens (tertiary/aromatic N) is 3. The quantitative estimate of drug-likeness (QED) is 0.575. The third-order valence-corrected chi connectivity index (χ3v) is 5.74. The lowest BCUT2D eigenvalue weighted by Crippen LogP contribution is -2.40. The Labute approximate surface area is 179 Å². The van der Waals surface area contributed by atoms with E-state index in [0.29, 0.717) is 21.9 Å². The Morgan fingerprint density at radius 3 is 2.71 bits per heavy atom. The van der Waals surface area contributed by atoms with Gasteiger partial charge in [0.05, 0.1) is 17.7 Å². The maximum absolute atomic E-state index is 12.7. The molecule has 0 aliphatic heterocycles. The zero-order valence-electron chi connectivity index (χ0n) is 16.2. The van der Waals surface area contributed by atoms with Crippen molar-refractivity contribution in [2.45, 2.75) is 19.0 Å². The summed E-state index contributed by atoms with van der Waals surface area (Å²) in [5.74, 6) is -0.320. The molecule has 11 heteroatoms. The van der Waals surface area contributed by atoms with Crippen molar-refractivity contribution < 1.29 is 27.9 Å². The number of aliphatic hydroxyl groups is 1. The number of hydrogen-bond acceptors (Lipinski definition) is 5. The molecule has 0 spiro atoms. The van der Waals surface area contributed by atoms with E-state index in [1.807, 2.05) is 0 Å². The Balaban J connectivity index is 1.53. The maximum Gasteiger partial charge on any atom is 0.406 e. The molecule has 1 aliphatic rings. The molecule has 0 saturated heterocycles. The van der Waals surface area contributed by atoms with Crippen molar-refractivity contribution in [3.05, 3.63) is 40.8 Å². The molecule has 1 aliphatic carbocycles. The second-order valence-electron chi connectivity index (χ2n) is 7.34. The molecule has 3 aromatic heterocycles. The first-order valence-electron chi connectivity index (χ1n) is 9.59. The van der Waals surface area contributed by atoms with E-state index >= 15 is 0 Å². The van der Waals surface area contributed by atoms with E-state index < -0.39 is 31.8 Å². The molecule has 7 nitrogen and oxygen atoms in total. The van der Waals surface area contributed by atoms with Crippen molar-refractivity contribution in [3.8, 4) is 11.1 Å². The van der Waals surface area contributed by atoms with Crippen molar-refractivity contribution >= 4 is 34.6 Å². The number of fused-ring (bicyclic) bond motifs is 1. The molecular formula is C20H19F3N4O3S. The molecular weight excluding hydrogens is 433 g/mol. The van der Waals surface area contributed by atoms with Crippen LogP contribution in [0, 0.1) is 5.92 Å². The number of nitrogens with one attached hydrogen (secondary N) is 1. The van der Waals surface area contributed by atoms with Crippen LogP contribution in [0.2, 0.25) is 0 Å². The van der Waals surface area contributed by atoms with Crippen LogP contribution >= 0.6 is 11.3 Å². The Morgan fingerprint density at radius 2 is 2.03 bits per heavy atom. The van der Waals surface area contributed by atoms with E-state index in [0.717, 1.165) is 29.7 Å². The van der Waals surface area contributed by atoms with Gasteiger partial charge in [-0.15, -0.1) is 11.3 Å². The van der Waals surface area contributed by atoms with E-state index in [1.54, 1.807) is 34.3 Å². The zero-order valence-corrected chi connectivity index (χ0v) is 17.0. The van der Waals surface area contributed by atoms with Crippen molar-refractivity contribution in [2.75, 3.05) is 25.0 Å². The minimum absolute atomic E-state index is 0.0455. The van der Waals surface area contributed by atoms with E-state index in [4.69, 9.17) is 5.11 Å². The minimum atomic E-state index is -4.55. The number of aliphatic hydroxyl groups excluding tert-OH is 1. The summed E-state index contributed by atoms with van der Waals surface area (Å²) in [4.78, 5) is 29.5. The summed E-state index contributed by atoms with van der Waals surface area (Å²) in [5.41, 5.74) is 2.04. The highest BCUT2D eigenvalue weighted by atomic mass is 32.1. The van der Waals surface area contributed by atoms with Gasteiger partial charge < -0.3 is 19.7 Å². The van der Waals surface area contributed by atoms with Crippen LogP contribution < -0.4 is 5.32 Å².